The maximum absolute atomic E-state index is 15.4. The minimum atomic E-state index is -1.07. The zero-order chi connectivity index (χ0) is 58.4. The number of ether oxygens (including phenoxy) is 4. The van der Waals surface area contributed by atoms with E-state index in [0.29, 0.717) is 60.0 Å². The number of imidazole rings is 4. The van der Waals surface area contributed by atoms with Crippen molar-refractivity contribution in [3.63, 3.8) is 0 Å². The highest BCUT2D eigenvalue weighted by atomic mass is 19.1. The number of hydrogen-bond acceptors (Lipinski definition) is 12. The van der Waals surface area contributed by atoms with Gasteiger partial charge in [0, 0.05) is 112 Å². The Morgan fingerprint density at radius 2 is 0.952 bits per heavy atom. The van der Waals surface area contributed by atoms with Crippen molar-refractivity contribution < 1.29 is 56.3 Å². The zero-order valence-corrected chi connectivity index (χ0v) is 45.0. The Balaban J connectivity index is 0.000000175. The molecular weight excluding hydrogens is 1090 g/mol. The second-order valence-electron chi connectivity index (χ2n) is 19.3. The lowest BCUT2D eigenvalue weighted by Crippen LogP contribution is -2.10. The van der Waals surface area contributed by atoms with Crippen LogP contribution >= 0.6 is 0 Å². The SMILES string of the molecule is COCCn1c(Cc2cc(F)c(-c3cccc(OCc4ccc5nccn5c4)n3)cc2F)nc2ccc(C(=O)O)cc21.COCCn1c(Cc2cc(F)c(-c3cccc(OCc4ccc5nccn5c4)n3)cc2F)nc2ccc(C(=O)O)cc21. The third kappa shape index (κ3) is 12.1. The monoisotopic (exact) mass is 1140 g/mol. The van der Waals surface area contributed by atoms with Crippen LogP contribution in [-0.4, -0.2) is 97.4 Å². The Bertz CT molecular complexity index is 4150. The molecule has 18 nitrogen and oxygen atoms in total. The standard InChI is InChI=1S/2C31H25F2N5O4/c2*1-41-12-11-38-27-14-20(31(39)40)6-7-26(27)35-29(38)15-21-13-24(33)22(16-23(21)32)25-3-2-4-30(36-25)42-18-19-5-8-28-34-9-10-37(28)17-19/h2*2-10,13-14,16-17H,11-12,15,18H2,1H3,(H,39,40). The van der Waals surface area contributed by atoms with E-state index in [1.807, 2.05) is 57.9 Å². The number of pyridine rings is 4. The van der Waals surface area contributed by atoms with Crippen molar-refractivity contribution in [3.05, 3.63) is 227 Å². The molecule has 0 amide bonds. The van der Waals surface area contributed by atoms with Crippen molar-refractivity contribution >= 4 is 45.3 Å². The lowest BCUT2D eigenvalue weighted by molar-refractivity contribution is 0.0686. The van der Waals surface area contributed by atoms with Crippen LogP contribution in [0.25, 0.3) is 55.9 Å². The van der Waals surface area contributed by atoms with Gasteiger partial charge in [-0.15, -0.1) is 0 Å². The minimum absolute atomic E-state index is 0.000482. The molecule has 0 radical (unpaired) electrons. The number of nitrogens with zero attached hydrogens (tertiary/aromatic N) is 10. The van der Waals surface area contributed by atoms with Crippen molar-refractivity contribution in [1.29, 1.82) is 0 Å². The molecule has 0 saturated carbocycles. The van der Waals surface area contributed by atoms with Gasteiger partial charge in [-0.1, -0.05) is 24.3 Å². The van der Waals surface area contributed by atoms with Gasteiger partial charge >= 0.3 is 11.9 Å². The van der Waals surface area contributed by atoms with E-state index in [1.165, 1.54) is 24.3 Å². The number of fused-ring (bicyclic) bond motifs is 4. The molecule has 12 aromatic rings. The van der Waals surface area contributed by atoms with Gasteiger partial charge in [-0.3, -0.25) is 0 Å². The number of rotatable bonds is 20. The second-order valence-corrected chi connectivity index (χ2v) is 19.3. The molecule has 0 unspecified atom stereocenters. The first kappa shape index (κ1) is 55.6. The summed E-state index contributed by atoms with van der Waals surface area (Å²) >= 11 is 0. The summed E-state index contributed by atoms with van der Waals surface area (Å²) in [7, 11) is 3.09. The summed E-state index contributed by atoms with van der Waals surface area (Å²) in [5.74, 6) is -3.21. The summed E-state index contributed by atoms with van der Waals surface area (Å²) in [5, 5.41) is 18.8. The highest BCUT2D eigenvalue weighted by Gasteiger charge is 2.21. The molecule has 4 aromatic carbocycles. The summed E-state index contributed by atoms with van der Waals surface area (Å²) < 4.78 is 91.0. The van der Waals surface area contributed by atoms with E-state index in [4.69, 9.17) is 18.9 Å². The fourth-order valence-electron chi connectivity index (χ4n) is 9.63. The van der Waals surface area contributed by atoms with Gasteiger partial charge in [0.25, 0.3) is 0 Å². The van der Waals surface area contributed by atoms with Crippen molar-refractivity contribution in [1.82, 2.24) is 47.8 Å². The molecule has 84 heavy (non-hydrogen) atoms. The van der Waals surface area contributed by atoms with Crippen LogP contribution in [0.15, 0.2) is 159 Å². The number of halogens is 4. The molecule has 0 aliphatic carbocycles. The van der Waals surface area contributed by atoms with Crippen molar-refractivity contribution in [3.8, 4) is 34.3 Å². The Hall–Kier alpha value is -10.3. The van der Waals surface area contributed by atoms with Gasteiger partial charge in [0.15, 0.2) is 0 Å². The molecule has 22 heteroatoms. The van der Waals surface area contributed by atoms with Gasteiger partial charge in [0.05, 0.1) is 57.8 Å². The number of aromatic nitrogens is 10. The molecule has 12 rings (SSSR count). The summed E-state index contributed by atoms with van der Waals surface area (Å²) in [6.45, 7) is 1.85. The Morgan fingerprint density at radius 3 is 1.37 bits per heavy atom. The minimum Gasteiger partial charge on any atom is -0.478 e. The number of carbonyl (C=O) groups is 2. The third-order valence-electron chi connectivity index (χ3n) is 13.8. The van der Waals surface area contributed by atoms with Crippen LogP contribution in [0.2, 0.25) is 0 Å². The Kier molecular flexibility index (Phi) is 16.2. The molecule has 8 aromatic heterocycles. The largest absolute Gasteiger partial charge is 0.478 e. The van der Waals surface area contributed by atoms with Crippen LogP contribution in [-0.2, 0) is 48.6 Å². The smallest absolute Gasteiger partial charge is 0.335 e. The number of aromatic carboxylic acids is 2. The van der Waals surface area contributed by atoms with E-state index in [9.17, 15) is 19.8 Å². The van der Waals surface area contributed by atoms with Gasteiger partial charge in [0.2, 0.25) is 11.8 Å². The molecule has 0 atom stereocenters. The lowest BCUT2D eigenvalue weighted by Gasteiger charge is -2.12. The van der Waals surface area contributed by atoms with Crippen LogP contribution in [0, 0.1) is 23.3 Å². The molecule has 424 valence electrons. The summed E-state index contributed by atoms with van der Waals surface area (Å²) in [6, 6.07) is 31.0. The molecule has 8 heterocycles. The molecule has 0 aliphatic heterocycles. The number of carboxylic acid groups (broad SMARTS) is 2. The Morgan fingerprint density at radius 1 is 0.512 bits per heavy atom. The van der Waals surface area contributed by atoms with Crippen molar-refractivity contribution in [2.45, 2.75) is 39.1 Å². The zero-order valence-electron chi connectivity index (χ0n) is 45.0. The number of methoxy groups -OCH3 is 2. The van der Waals surface area contributed by atoms with Crippen LogP contribution in [0.4, 0.5) is 17.6 Å². The van der Waals surface area contributed by atoms with E-state index in [2.05, 4.69) is 29.9 Å². The predicted octanol–water partition coefficient (Wildman–Crippen LogP) is 11.1. The van der Waals surface area contributed by atoms with E-state index < -0.39 is 35.2 Å². The fraction of sp³-hybridized carbons (Fsp3) is 0.161. The molecule has 0 fully saturated rings. The fourth-order valence-corrected chi connectivity index (χ4v) is 9.63. The maximum Gasteiger partial charge on any atom is 0.335 e. The van der Waals surface area contributed by atoms with Gasteiger partial charge in [-0.2, -0.15) is 0 Å². The van der Waals surface area contributed by atoms with Crippen LogP contribution in [0.1, 0.15) is 54.6 Å². The molecule has 2 N–H and O–H groups in total. The highest BCUT2D eigenvalue weighted by molar-refractivity contribution is 5.93. The van der Waals surface area contributed by atoms with E-state index in [1.54, 1.807) is 84.3 Å². The first-order chi connectivity index (χ1) is 40.8. The van der Waals surface area contributed by atoms with Crippen LogP contribution < -0.4 is 9.47 Å². The Labute approximate surface area is 475 Å². The maximum atomic E-state index is 15.4. The van der Waals surface area contributed by atoms with E-state index in [0.717, 1.165) is 46.7 Å². The number of benzene rings is 4. The van der Waals surface area contributed by atoms with Crippen LogP contribution in [0.3, 0.4) is 0 Å². The van der Waals surface area contributed by atoms with Gasteiger partial charge in [-0.05, 0) is 96.1 Å². The average Bonchev–Trinajstić information content (AvgIpc) is 3.94. The van der Waals surface area contributed by atoms with Crippen molar-refractivity contribution in [2.24, 2.45) is 0 Å². The van der Waals surface area contributed by atoms with Gasteiger partial charge < -0.3 is 47.1 Å². The van der Waals surface area contributed by atoms with E-state index >= 15 is 17.6 Å². The first-order valence-electron chi connectivity index (χ1n) is 26.2. The van der Waals surface area contributed by atoms with Gasteiger partial charge in [-0.25, -0.2) is 57.1 Å². The summed E-state index contributed by atoms with van der Waals surface area (Å²) in [6.07, 6.45) is 10.9. The van der Waals surface area contributed by atoms with Crippen molar-refractivity contribution in [2.75, 3.05) is 27.4 Å². The third-order valence-corrected chi connectivity index (χ3v) is 13.8. The number of hydrogen-bond donors (Lipinski definition) is 2. The molecule has 0 bridgehead atoms. The second kappa shape index (κ2) is 24.4. The van der Waals surface area contributed by atoms with Crippen LogP contribution in [0.5, 0.6) is 11.8 Å². The first-order valence-corrected chi connectivity index (χ1v) is 26.2. The summed E-state index contributed by atoms with van der Waals surface area (Å²) in [4.78, 5) is 49.4. The quantitative estimate of drug-likeness (QED) is 0.0681. The van der Waals surface area contributed by atoms with E-state index in [-0.39, 0.29) is 82.6 Å². The molecule has 0 spiro atoms. The number of carboxylic acids is 2. The molecular formula is C62H50F4N10O8. The van der Waals surface area contributed by atoms with Gasteiger partial charge in [0.1, 0.15) is 59.4 Å². The highest BCUT2D eigenvalue weighted by Crippen LogP contribution is 2.31. The summed E-state index contributed by atoms with van der Waals surface area (Å²) in [5.41, 5.74) is 6.55. The normalized spacial score (nSPS) is 11.4. The molecule has 0 aliphatic rings. The average molecular weight is 1140 g/mol. The predicted molar refractivity (Wildman–Crippen MR) is 301 cm³/mol. The topological polar surface area (TPSA) is 208 Å². The molecule has 0 saturated heterocycles. The lowest BCUT2D eigenvalue weighted by atomic mass is 10.0.